The minimum atomic E-state index is -4.80. The highest BCUT2D eigenvalue weighted by atomic mass is 19.4. The van der Waals surface area contributed by atoms with E-state index in [9.17, 15) is 33.0 Å². The van der Waals surface area contributed by atoms with Gasteiger partial charge in [-0.2, -0.15) is 13.2 Å². The standard InChI is InChI=1S/C12H11F3O5/c1-20-11(19)10(18)9(17)6-2-3-7(5-16)8(4-6)12(13,14)15/h2-5,9-10,17-18H,1H3. The summed E-state index contributed by atoms with van der Waals surface area (Å²) in [7, 11) is 0.953. The van der Waals surface area contributed by atoms with E-state index in [-0.39, 0.29) is 11.8 Å². The van der Waals surface area contributed by atoms with Gasteiger partial charge in [0.2, 0.25) is 0 Å². The number of rotatable bonds is 4. The molecule has 2 atom stereocenters. The number of aliphatic hydroxyl groups excluding tert-OH is 2. The molecular formula is C12H11F3O5. The second-order valence-electron chi connectivity index (χ2n) is 3.88. The Hall–Kier alpha value is -1.93. The van der Waals surface area contributed by atoms with E-state index in [0.717, 1.165) is 19.2 Å². The van der Waals surface area contributed by atoms with Gasteiger partial charge in [-0.3, -0.25) is 4.79 Å². The van der Waals surface area contributed by atoms with Crippen molar-refractivity contribution in [3.05, 3.63) is 34.9 Å². The molecule has 0 aliphatic rings. The summed E-state index contributed by atoms with van der Waals surface area (Å²) in [4.78, 5) is 21.6. The Morgan fingerprint density at radius 1 is 1.35 bits per heavy atom. The van der Waals surface area contributed by atoms with E-state index < -0.39 is 35.5 Å². The van der Waals surface area contributed by atoms with Crippen LogP contribution in [0.1, 0.15) is 27.6 Å². The van der Waals surface area contributed by atoms with Crippen molar-refractivity contribution >= 4 is 12.3 Å². The van der Waals surface area contributed by atoms with Crippen molar-refractivity contribution in [3.63, 3.8) is 0 Å². The van der Waals surface area contributed by atoms with E-state index >= 15 is 0 Å². The number of halogens is 3. The van der Waals surface area contributed by atoms with Crippen LogP contribution in [0, 0.1) is 0 Å². The van der Waals surface area contributed by atoms with Crippen molar-refractivity contribution in [2.75, 3.05) is 7.11 Å². The highest BCUT2D eigenvalue weighted by molar-refractivity contribution is 5.78. The molecule has 1 aromatic rings. The molecule has 0 amide bonds. The van der Waals surface area contributed by atoms with Crippen LogP contribution in [0.2, 0.25) is 0 Å². The third kappa shape index (κ3) is 3.34. The Bertz CT molecular complexity index is 512. The smallest absolute Gasteiger partial charge is 0.417 e. The molecule has 0 aliphatic carbocycles. The molecule has 20 heavy (non-hydrogen) atoms. The number of carbonyl (C=O) groups is 2. The summed E-state index contributed by atoms with van der Waals surface area (Å²) in [5.74, 6) is -1.19. The lowest BCUT2D eigenvalue weighted by Crippen LogP contribution is -2.29. The van der Waals surface area contributed by atoms with Crippen molar-refractivity contribution < 1.29 is 37.7 Å². The van der Waals surface area contributed by atoms with Gasteiger partial charge in [0, 0.05) is 5.56 Å². The number of aldehydes is 1. The maximum Gasteiger partial charge on any atom is 0.417 e. The van der Waals surface area contributed by atoms with Crippen LogP contribution >= 0.6 is 0 Å². The summed E-state index contributed by atoms with van der Waals surface area (Å²) in [6.07, 6.45) is -8.70. The molecule has 0 saturated carbocycles. The number of esters is 1. The third-order valence-corrected chi connectivity index (χ3v) is 2.59. The van der Waals surface area contributed by atoms with E-state index in [1.165, 1.54) is 0 Å². The third-order valence-electron chi connectivity index (χ3n) is 2.59. The van der Waals surface area contributed by atoms with Gasteiger partial charge in [0.25, 0.3) is 0 Å². The fraction of sp³-hybridized carbons (Fsp3) is 0.333. The first-order chi connectivity index (χ1) is 9.22. The molecular weight excluding hydrogens is 281 g/mol. The molecule has 2 N–H and O–H groups in total. The second kappa shape index (κ2) is 6.02. The van der Waals surface area contributed by atoms with Crippen LogP contribution < -0.4 is 0 Å². The molecule has 0 heterocycles. The molecule has 2 unspecified atom stereocenters. The van der Waals surface area contributed by atoms with Crippen molar-refractivity contribution in [2.24, 2.45) is 0 Å². The fourth-order valence-electron chi connectivity index (χ4n) is 1.54. The van der Waals surface area contributed by atoms with E-state index in [1.807, 2.05) is 0 Å². The van der Waals surface area contributed by atoms with E-state index in [2.05, 4.69) is 4.74 Å². The average Bonchev–Trinajstić information content (AvgIpc) is 2.43. The topological polar surface area (TPSA) is 83.8 Å². The number of hydrogen-bond donors (Lipinski definition) is 2. The maximum atomic E-state index is 12.7. The van der Waals surface area contributed by atoms with E-state index in [4.69, 9.17) is 0 Å². The number of aliphatic hydroxyl groups is 2. The summed E-state index contributed by atoms with van der Waals surface area (Å²) >= 11 is 0. The Morgan fingerprint density at radius 2 is 1.95 bits per heavy atom. The van der Waals surface area contributed by atoms with Crippen LogP contribution in [-0.2, 0) is 15.7 Å². The van der Waals surface area contributed by atoms with Gasteiger partial charge >= 0.3 is 12.1 Å². The summed E-state index contributed by atoms with van der Waals surface area (Å²) in [6, 6.07) is 2.36. The lowest BCUT2D eigenvalue weighted by Gasteiger charge is -2.18. The van der Waals surface area contributed by atoms with Gasteiger partial charge in [0.05, 0.1) is 12.7 Å². The van der Waals surface area contributed by atoms with Crippen molar-refractivity contribution in [3.8, 4) is 0 Å². The SMILES string of the molecule is COC(=O)C(O)C(O)c1ccc(C=O)c(C(F)(F)F)c1. The second-order valence-corrected chi connectivity index (χ2v) is 3.88. The van der Waals surface area contributed by atoms with Crippen molar-refractivity contribution in [2.45, 2.75) is 18.4 Å². The molecule has 0 fully saturated rings. The largest absolute Gasteiger partial charge is 0.467 e. The molecule has 0 aromatic heterocycles. The maximum absolute atomic E-state index is 12.7. The van der Waals surface area contributed by atoms with Crippen LogP contribution in [0.15, 0.2) is 18.2 Å². The quantitative estimate of drug-likeness (QED) is 0.641. The zero-order valence-corrected chi connectivity index (χ0v) is 10.2. The summed E-state index contributed by atoms with van der Waals surface area (Å²) in [5.41, 5.74) is -2.23. The van der Waals surface area contributed by atoms with Gasteiger partial charge in [-0.25, -0.2) is 4.79 Å². The first-order valence-electron chi connectivity index (χ1n) is 5.32. The number of carbonyl (C=O) groups excluding carboxylic acids is 2. The molecule has 0 radical (unpaired) electrons. The number of hydrogen-bond acceptors (Lipinski definition) is 5. The molecule has 8 heteroatoms. The number of alkyl halides is 3. The fourth-order valence-corrected chi connectivity index (χ4v) is 1.54. The van der Waals surface area contributed by atoms with Crippen molar-refractivity contribution in [1.82, 2.24) is 0 Å². The molecule has 5 nitrogen and oxygen atoms in total. The van der Waals surface area contributed by atoms with Crippen LogP contribution in [0.3, 0.4) is 0 Å². The molecule has 1 aromatic carbocycles. The van der Waals surface area contributed by atoms with Gasteiger partial charge in [-0.05, 0) is 11.6 Å². The van der Waals surface area contributed by atoms with E-state index in [0.29, 0.717) is 6.07 Å². The number of benzene rings is 1. The molecule has 0 spiro atoms. The van der Waals surface area contributed by atoms with Gasteiger partial charge in [0.1, 0.15) is 6.10 Å². The van der Waals surface area contributed by atoms with Crippen LogP contribution in [0.5, 0.6) is 0 Å². The Balaban J connectivity index is 3.21. The highest BCUT2D eigenvalue weighted by Gasteiger charge is 2.35. The van der Waals surface area contributed by atoms with Crippen molar-refractivity contribution in [1.29, 1.82) is 0 Å². The van der Waals surface area contributed by atoms with Crippen LogP contribution in [0.25, 0.3) is 0 Å². The minimum absolute atomic E-state index is 0.0235. The molecule has 110 valence electrons. The Morgan fingerprint density at radius 3 is 2.40 bits per heavy atom. The van der Waals surface area contributed by atoms with Gasteiger partial charge in [-0.1, -0.05) is 12.1 Å². The number of ether oxygens (including phenoxy) is 1. The predicted molar refractivity (Wildman–Crippen MR) is 59.8 cm³/mol. The lowest BCUT2D eigenvalue weighted by molar-refractivity contribution is -0.156. The van der Waals surface area contributed by atoms with Gasteiger partial charge in [0.15, 0.2) is 12.4 Å². The summed E-state index contributed by atoms with van der Waals surface area (Å²) < 4.78 is 42.3. The Labute approximate surface area is 111 Å². The molecule has 1 rings (SSSR count). The van der Waals surface area contributed by atoms with Gasteiger partial charge in [-0.15, -0.1) is 0 Å². The summed E-state index contributed by atoms with van der Waals surface area (Å²) in [5, 5.41) is 19.0. The first kappa shape index (κ1) is 16.1. The predicted octanol–water partition coefficient (Wildman–Crippen LogP) is 1.09. The average molecular weight is 292 g/mol. The monoisotopic (exact) mass is 292 g/mol. The van der Waals surface area contributed by atoms with Crippen LogP contribution in [0.4, 0.5) is 13.2 Å². The highest BCUT2D eigenvalue weighted by Crippen LogP contribution is 2.33. The van der Waals surface area contributed by atoms with Gasteiger partial charge < -0.3 is 14.9 Å². The first-order valence-corrected chi connectivity index (χ1v) is 5.32. The zero-order chi connectivity index (χ0) is 15.5. The Kier molecular flexibility index (Phi) is 4.85. The normalized spacial score (nSPS) is 14.5. The number of methoxy groups -OCH3 is 1. The zero-order valence-electron chi connectivity index (χ0n) is 10.2. The molecule has 0 aliphatic heterocycles. The summed E-state index contributed by atoms with van der Waals surface area (Å²) in [6.45, 7) is 0. The molecule has 0 bridgehead atoms. The minimum Gasteiger partial charge on any atom is -0.467 e. The van der Waals surface area contributed by atoms with E-state index in [1.54, 1.807) is 0 Å². The van der Waals surface area contributed by atoms with Crippen LogP contribution in [-0.4, -0.2) is 35.7 Å². The lowest BCUT2D eigenvalue weighted by atomic mass is 9.98. The molecule has 0 saturated heterocycles.